The maximum Gasteiger partial charge on any atom is 0.341 e. The molecule has 1 aliphatic heterocycles. The van der Waals surface area contributed by atoms with Crippen molar-refractivity contribution in [2.45, 2.75) is 19.4 Å². The molecule has 2 aromatic carbocycles. The van der Waals surface area contributed by atoms with E-state index in [1.54, 1.807) is 0 Å². The Bertz CT molecular complexity index is 1020. The summed E-state index contributed by atoms with van der Waals surface area (Å²) in [6.07, 6.45) is 0.307. The van der Waals surface area contributed by atoms with Crippen molar-refractivity contribution in [2.75, 3.05) is 37.8 Å². The van der Waals surface area contributed by atoms with Crippen LogP contribution in [0.5, 0.6) is 0 Å². The predicted molar refractivity (Wildman–Crippen MR) is 119 cm³/mol. The van der Waals surface area contributed by atoms with Gasteiger partial charge in [-0.25, -0.2) is 4.79 Å². The molecule has 1 atom stereocenters. The molecule has 1 amide bonds. The van der Waals surface area contributed by atoms with Crippen molar-refractivity contribution in [2.24, 2.45) is 0 Å². The Kier molecular flexibility index (Phi) is 8.09. The van der Waals surface area contributed by atoms with Crippen LogP contribution in [0.4, 0.5) is 11.4 Å². The molecule has 0 radical (unpaired) electrons. The molecule has 0 bridgehead atoms. The highest BCUT2D eigenvalue weighted by molar-refractivity contribution is 5.98. The summed E-state index contributed by atoms with van der Waals surface area (Å²) in [5.41, 5.74) is 1.08. The molecule has 0 aromatic heterocycles. The van der Waals surface area contributed by atoms with Gasteiger partial charge in [-0.3, -0.25) is 19.7 Å². The van der Waals surface area contributed by atoms with Crippen molar-refractivity contribution >= 4 is 29.0 Å². The molecule has 1 N–H and O–H groups in total. The quantitative estimate of drug-likeness (QED) is 0.345. The molecule has 3 rings (SSSR count). The molecule has 1 unspecified atom stereocenters. The van der Waals surface area contributed by atoms with Gasteiger partial charge in [-0.05, 0) is 25.0 Å². The fraction of sp³-hybridized carbons (Fsp3) is 0.348. The molecule has 10 nitrogen and oxygen atoms in total. The minimum absolute atomic E-state index is 0.00805. The SMILES string of the molecule is CC(=O)C(Cc1ccccc1)NC(=O)COC(=O)c1cc([N+](=O)[O-])ccc1N1CCOCC1. The fourth-order valence-corrected chi connectivity index (χ4v) is 3.47. The Morgan fingerprint density at radius 2 is 1.85 bits per heavy atom. The average Bonchev–Trinajstić information content (AvgIpc) is 2.82. The largest absolute Gasteiger partial charge is 0.452 e. The third-order valence-corrected chi connectivity index (χ3v) is 5.21. The number of benzene rings is 2. The molecular weight excluding hydrogens is 430 g/mol. The van der Waals surface area contributed by atoms with Crippen LogP contribution in [0.1, 0.15) is 22.8 Å². The number of carbonyl (C=O) groups is 3. The zero-order valence-corrected chi connectivity index (χ0v) is 18.2. The first-order chi connectivity index (χ1) is 15.8. The molecule has 174 valence electrons. The summed E-state index contributed by atoms with van der Waals surface area (Å²) in [6.45, 7) is 2.69. The summed E-state index contributed by atoms with van der Waals surface area (Å²) in [7, 11) is 0. The maximum absolute atomic E-state index is 12.7. The van der Waals surface area contributed by atoms with Crippen molar-refractivity contribution < 1.29 is 28.8 Å². The van der Waals surface area contributed by atoms with Crippen LogP contribution < -0.4 is 10.2 Å². The Labute approximate surface area is 190 Å². The average molecular weight is 455 g/mol. The predicted octanol–water partition coefficient (Wildman–Crippen LogP) is 1.90. The van der Waals surface area contributed by atoms with Crippen molar-refractivity contribution in [1.29, 1.82) is 0 Å². The second-order valence-corrected chi connectivity index (χ2v) is 7.55. The lowest BCUT2D eigenvalue weighted by Crippen LogP contribution is -2.43. The standard InChI is InChI=1S/C23H25N3O7/c1-16(27)20(13-17-5-3-2-4-6-17)24-22(28)15-33-23(29)19-14-18(26(30)31)7-8-21(19)25-9-11-32-12-10-25/h2-8,14,20H,9-13,15H2,1H3,(H,24,28). The number of hydrogen-bond donors (Lipinski definition) is 1. The van der Waals surface area contributed by atoms with Gasteiger partial charge in [0.2, 0.25) is 0 Å². The number of nitro benzene ring substituents is 1. The molecule has 1 saturated heterocycles. The van der Waals surface area contributed by atoms with Gasteiger partial charge in [-0.15, -0.1) is 0 Å². The normalized spacial score (nSPS) is 14.3. The first-order valence-electron chi connectivity index (χ1n) is 10.5. The number of ether oxygens (including phenoxy) is 2. The summed E-state index contributed by atoms with van der Waals surface area (Å²) in [5, 5.41) is 13.8. The lowest BCUT2D eigenvalue weighted by atomic mass is 10.0. The van der Waals surface area contributed by atoms with Gasteiger partial charge in [-0.1, -0.05) is 30.3 Å². The number of carbonyl (C=O) groups excluding carboxylic acids is 3. The van der Waals surface area contributed by atoms with Crippen LogP contribution in [-0.4, -0.2) is 61.5 Å². The first-order valence-corrected chi connectivity index (χ1v) is 10.5. The maximum atomic E-state index is 12.7. The molecule has 1 fully saturated rings. The third kappa shape index (κ3) is 6.59. The Hall–Kier alpha value is -3.79. The summed E-state index contributed by atoms with van der Waals surface area (Å²) < 4.78 is 10.5. The minimum atomic E-state index is -0.863. The molecule has 33 heavy (non-hydrogen) atoms. The number of esters is 1. The smallest absolute Gasteiger partial charge is 0.341 e. The summed E-state index contributed by atoms with van der Waals surface area (Å²) >= 11 is 0. The Morgan fingerprint density at radius 1 is 1.15 bits per heavy atom. The number of morpholine rings is 1. The number of ketones is 1. The zero-order valence-electron chi connectivity index (χ0n) is 18.2. The second-order valence-electron chi connectivity index (χ2n) is 7.55. The van der Waals surface area contributed by atoms with E-state index in [1.807, 2.05) is 35.2 Å². The van der Waals surface area contributed by atoms with Gasteiger partial charge < -0.3 is 19.7 Å². The van der Waals surface area contributed by atoms with E-state index < -0.39 is 29.4 Å². The zero-order chi connectivity index (χ0) is 23.8. The molecule has 1 aliphatic rings. The molecule has 1 heterocycles. The molecule has 0 aliphatic carbocycles. The highest BCUT2D eigenvalue weighted by Gasteiger charge is 2.24. The Balaban J connectivity index is 1.67. The van der Waals surface area contributed by atoms with Gasteiger partial charge in [0.05, 0.1) is 35.4 Å². The number of hydrogen-bond acceptors (Lipinski definition) is 8. The van der Waals surface area contributed by atoms with Crippen LogP contribution in [0.3, 0.4) is 0 Å². The molecule has 10 heteroatoms. The van der Waals surface area contributed by atoms with Crippen molar-refractivity contribution in [3.05, 3.63) is 69.8 Å². The lowest BCUT2D eigenvalue weighted by Gasteiger charge is -2.30. The van der Waals surface area contributed by atoms with E-state index in [4.69, 9.17) is 9.47 Å². The van der Waals surface area contributed by atoms with Crippen LogP contribution in [0, 0.1) is 10.1 Å². The highest BCUT2D eigenvalue weighted by Crippen LogP contribution is 2.27. The monoisotopic (exact) mass is 455 g/mol. The van der Waals surface area contributed by atoms with E-state index in [-0.39, 0.29) is 17.0 Å². The van der Waals surface area contributed by atoms with Gasteiger partial charge in [0.15, 0.2) is 12.4 Å². The lowest BCUT2D eigenvalue weighted by molar-refractivity contribution is -0.384. The van der Waals surface area contributed by atoms with Gasteiger partial charge in [0, 0.05) is 25.2 Å². The van der Waals surface area contributed by atoms with Gasteiger partial charge in [0.1, 0.15) is 0 Å². The summed E-state index contributed by atoms with van der Waals surface area (Å²) in [6, 6.07) is 12.4. The van der Waals surface area contributed by atoms with Gasteiger partial charge in [-0.2, -0.15) is 0 Å². The van der Waals surface area contributed by atoms with Crippen molar-refractivity contribution in [3.63, 3.8) is 0 Å². The Morgan fingerprint density at radius 3 is 2.48 bits per heavy atom. The number of nitro groups is 1. The number of anilines is 1. The number of nitrogens with one attached hydrogen (secondary N) is 1. The van der Waals surface area contributed by atoms with Crippen LogP contribution in [0.25, 0.3) is 0 Å². The topological polar surface area (TPSA) is 128 Å². The van der Waals surface area contributed by atoms with Gasteiger partial charge >= 0.3 is 5.97 Å². The number of rotatable bonds is 9. The molecule has 0 saturated carbocycles. The first kappa shape index (κ1) is 23.9. The van der Waals surface area contributed by atoms with E-state index in [9.17, 15) is 24.5 Å². The molecular formula is C23H25N3O7. The number of nitrogens with zero attached hydrogens (tertiary/aromatic N) is 2. The van der Waals surface area contributed by atoms with Crippen LogP contribution in [0.2, 0.25) is 0 Å². The van der Waals surface area contributed by atoms with E-state index >= 15 is 0 Å². The van der Waals surface area contributed by atoms with E-state index in [0.29, 0.717) is 38.4 Å². The van der Waals surface area contributed by atoms with Crippen LogP contribution in [-0.2, 0) is 25.5 Å². The second kappa shape index (κ2) is 11.2. The van der Waals surface area contributed by atoms with Crippen molar-refractivity contribution in [3.8, 4) is 0 Å². The van der Waals surface area contributed by atoms with E-state index in [2.05, 4.69) is 5.32 Å². The van der Waals surface area contributed by atoms with E-state index in [1.165, 1.54) is 19.1 Å². The number of amides is 1. The van der Waals surface area contributed by atoms with Crippen molar-refractivity contribution in [1.82, 2.24) is 5.32 Å². The summed E-state index contributed by atoms with van der Waals surface area (Å²) in [4.78, 5) is 49.5. The molecule has 2 aromatic rings. The highest BCUT2D eigenvalue weighted by atomic mass is 16.6. The minimum Gasteiger partial charge on any atom is -0.452 e. The molecule has 0 spiro atoms. The summed E-state index contributed by atoms with van der Waals surface area (Å²) in [5.74, 6) is -1.73. The third-order valence-electron chi connectivity index (χ3n) is 5.21. The van der Waals surface area contributed by atoms with Crippen LogP contribution >= 0.6 is 0 Å². The fourth-order valence-electron chi connectivity index (χ4n) is 3.47. The number of Topliss-reactive ketones (excluding diaryl/α,β-unsaturated/α-hetero) is 1. The number of non-ortho nitro benzene ring substituents is 1. The van der Waals surface area contributed by atoms with E-state index in [0.717, 1.165) is 11.6 Å². The van der Waals surface area contributed by atoms with Gasteiger partial charge in [0.25, 0.3) is 11.6 Å². The van der Waals surface area contributed by atoms with Crippen LogP contribution in [0.15, 0.2) is 48.5 Å².